The van der Waals surface area contributed by atoms with E-state index in [2.05, 4.69) is 10.1 Å². The molecule has 126 valence electrons. The topological polar surface area (TPSA) is 80.5 Å². The van der Waals surface area contributed by atoms with Crippen LogP contribution in [0.5, 0.6) is 0 Å². The Morgan fingerprint density at radius 1 is 1.16 bits per heavy atom. The van der Waals surface area contributed by atoms with Crippen LogP contribution in [0.25, 0.3) is 17.1 Å². The van der Waals surface area contributed by atoms with Crippen molar-refractivity contribution in [3.05, 3.63) is 59.5 Å². The molecule has 5 nitrogen and oxygen atoms in total. The molecule has 2 N–H and O–H groups in total. The summed E-state index contributed by atoms with van der Waals surface area (Å²) in [5.41, 5.74) is 4.67. The number of pyridine rings is 1. The first kappa shape index (κ1) is 16.4. The smallest absolute Gasteiger partial charge is 0.382 e. The standard InChI is InChI=1S/C16H9F4N5/c17-12-4-2-1-3-10(12)14-11(8-21)15(22)25(24-14)13-7-9(5-6-23-13)16(18,19)20/h1-7H,22H2. The molecule has 0 aliphatic heterocycles. The number of nitrogens with zero attached hydrogens (tertiary/aromatic N) is 4. The monoisotopic (exact) mass is 347 g/mol. The molecule has 2 aromatic heterocycles. The van der Waals surface area contributed by atoms with E-state index in [1.54, 1.807) is 6.07 Å². The fourth-order valence-corrected chi connectivity index (χ4v) is 2.27. The van der Waals surface area contributed by atoms with Crippen molar-refractivity contribution in [2.45, 2.75) is 6.18 Å². The van der Waals surface area contributed by atoms with Gasteiger partial charge in [0.05, 0.1) is 5.56 Å². The molecule has 0 saturated carbocycles. The molecule has 9 heteroatoms. The summed E-state index contributed by atoms with van der Waals surface area (Å²) in [5.74, 6) is -1.10. The average Bonchev–Trinajstić information content (AvgIpc) is 2.91. The van der Waals surface area contributed by atoms with Gasteiger partial charge in [-0.05, 0) is 24.3 Å². The molecule has 1 aromatic carbocycles. The summed E-state index contributed by atoms with van der Waals surface area (Å²) in [6.07, 6.45) is -3.62. The lowest BCUT2D eigenvalue weighted by molar-refractivity contribution is -0.137. The molecule has 0 aliphatic carbocycles. The van der Waals surface area contributed by atoms with Crippen LogP contribution >= 0.6 is 0 Å². The average molecular weight is 347 g/mol. The minimum absolute atomic E-state index is 0.0106. The minimum atomic E-state index is -4.58. The van der Waals surface area contributed by atoms with Gasteiger partial charge in [0.2, 0.25) is 0 Å². The Labute approximate surface area is 138 Å². The molecule has 0 aliphatic rings. The summed E-state index contributed by atoms with van der Waals surface area (Å²) in [4.78, 5) is 3.81. The third-order valence-corrected chi connectivity index (χ3v) is 3.45. The molecule has 3 aromatic rings. The number of nitrogens with two attached hydrogens (primary N) is 1. The third-order valence-electron chi connectivity index (χ3n) is 3.45. The second kappa shape index (κ2) is 5.90. The third kappa shape index (κ3) is 2.89. The zero-order valence-electron chi connectivity index (χ0n) is 12.4. The molecule has 0 unspecified atom stereocenters. The molecule has 0 radical (unpaired) electrons. The van der Waals surface area contributed by atoms with Crippen LogP contribution in [0.4, 0.5) is 23.4 Å². The van der Waals surface area contributed by atoms with E-state index < -0.39 is 17.6 Å². The number of nitriles is 1. The zero-order valence-corrected chi connectivity index (χ0v) is 12.4. The Balaban J connectivity index is 2.21. The van der Waals surface area contributed by atoms with E-state index >= 15 is 0 Å². The summed E-state index contributed by atoms with van der Waals surface area (Å²) < 4.78 is 53.5. The van der Waals surface area contributed by atoms with Crippen LogP contribution in [0, 0.1) is 17.1 Å². The van der Waals surface area contributed by atoms with E-state index in [4.69, 9.17) is 5.73 Å². The van der Waals surface area contributed by atoms with Crippen molar-refractivity contribution >= 4 is 5.82 Å². The normalized spacial score (nSPS) is 11.3. The number of alkyl halides is 3. The van der Waals surface area contributed by atoms with Crippen LogP contribution in [-0.2, 0) is 6.18 Å². The summed E-state index contributed by atoms with van der Waals surface area (Å²) in [7, 11) is 0. The Hall–Kier alpha value is -3.41. The number of nitrogen functional groups attached to an aromatic ring is 1. The fourth-order valence-electron chi connectivity index (χ4n) is 2.27. The van der Waals surface area contributed by atoms with Gasteiger partial charge in [0.1, 0.15) is 29.0 Å². The molecule has 0 bridgehead atoms. The molecular weight excluding hydrogens is 338 g/mol. The van der Waals surface area contributed by atoms with E-state index in [1.165, 1.54) is 24.3 Å². The first-order chi connectivity index (χ1) is 11.8. The van der Waals surface area contributed by atoms with Crippen molar-refractivity contribution in [2.75, 3.05) is 5.73 Å². The number of aromatic nitrogens is 3. The number of rotatable bonds is 2. The second-order valence-electron chi connectivity index (χ2n) is 5.01. The van der Waals surface area contributed by atoms with E-state index in [-0.39, 0.29) is 28.5 Å². The Morgan fingerprint density at radius 3 is 2.52 bits per heavy atom. The summed E-state index contributed by atoms with van der Waals surface area (Å²) >= 11 is 0. The first-order valence-corrected chi connectivity index (χ1v) is 6.90. The highest BCUT2D eigenvalue weighted by Crippen LogP contribution is 2.32. The SMILES string of the molecule is N#Cc1c(-c2ccccc2F)nn(-c2cc(C(F)(F)F)ccn2)c1N. The highest BCUT2D eigenvalue weighted by Gasteiger charge is 2.31. The van der Waals surface area contributed by atoms with Gasteiger partial charge in [-0.2, -0.15) is 28.2 Å². The van der Waals surface area contributed by atoms with Gasteiger partial charge < -0.3 is 5.73 Å². The van der Waals surface area contributed by atoms with Gasteiger partial charge in [-0.25, -0.2) is 9.37 Å². The maximum atomic E-state index is 14.0. The van der Waals surface area contributed by atoms with E-state index in [0.717, 1.165) is 23.0 Å². The summed E-state index contributed by atoms with van der Waals surface area (Å²) in [6, 6.07) is 8.91. The zero-order chi connectivity index (χ0) is 18.2. The largest absolute Gasteiger partial charge is 0.416 e. The predicted molar refractivity (Wildman–Crippen MR) is 80.9 cm³/mol. The molecule has 3 rings (SSSR count). The molecule has 2 heterocycles. The fraction of sp³-hybridized carbons (Fsp3) is 0.0625. The van der Waals surface area contributed by atoms with Crippen molar-refractivity contribution in [1.29, 1.82) is 5.26 Å². The highest BCUT2D eigenvalue weighted by atomic mass is 19.4. The highest BCUT2D eigenvalue weighted by molar-refractivity contribution is 5.73. The summed E-state index contributed by atoms with van der Waals surface area (Å²) in [6.45, 7) is 0. The van der Waals surface area contributed by atoms with Crippen LogP contribution in [-0.4, -0.2) is 14.8 Å². The quantitative estimate of drug-likeness (QED) is 0.719. The van der Waals surface area contributed by atoms with Gasteiger partial charge in [0.15, 0.2) is 5.82 Å². The van der Waals surface area contributed by atoms with Gasteiger partial charge in [-0.15, -0.1) is 0 Å². The maximum Gasteiger partial charge on any atom is 0.416 e. The van der Waals surface area contributed by atoms with Gasteiger partial charge in [-0.1, -0.05) is 12.1 Å². The van der Waals surface area contributed by atoms with Crippen molar-refractivity contribution < 1.29 is 17.6 Å². The van der Waals surface area contributed by atoms with Crippen LogP contribution in [0.2, 0.25) is 0 Å². The van der Waals surface area contributed by atoms with Gasteiger partial charge in [-0.3, -0.25) is 0 Å². The molecule has 0 fully saturated rings. The van der Waals surface area contributed by atoms with E-state index in [0.29, 0.717) is 0 Å². The number of hydrogen-bond donors (Lipinski definition) is 1. The van der Waals surface area contributed by atoms with Crippen molar-refractivity contribution in [1.82, 2.24) is 14.8 Å². The lowest BCUT2D eigenvalue weighted by Gasteiger charge is -2.08. The molecule has 0 spiro atoms. The van der Waals surface area contributed by atoms with Gasteiger partial charge in [0, 0.05) is 11.8 Å². The Morgan fingerprint density at radius 2 is 1.88 bits per heavy atom. The van der Waals surface area contributed by atoms with Crippen LogP contribution in [0.1, 0.15) is 11.1 Å². The van der Waals surface area contributed by atoms with Crippen LogP contribution in [0.3, 0.4) is 0 Å². The summed E-state index contributed by atoms with van der Waals surface area (Å²) in [5, 5.41) is 13.3. The van der Waals surface area contributed by atoms with Gasteiger partial charge in [0.25, 0.3) is 0 Å². The Kier molecular flexibility index (Phi) is 3.88. The maximum absolute atomic E-state index is 14.0. The molecule has 0 saturated heterocycles. The van der Waals surface area contributed by atoms with Crippen LogP contribution < -0.4 is 5.73 Å². The minimum Gasteiger partial charge on any atom is -0.382 e. The number of hydrogen-bond acceptors (Lipinski definition) is 4. The number of halogens is 4. The number of benzene rings is 1. The number of anilines is 1. The van der Waals surface area contributed by atoms with Crippen molar-refractivity contribution in [3.8, 4) is 23.1 Å². The van der Waals surface area contributed by atoms with Gasteiger partial charge >= 0.3 is 6.18 Å². The van der Waals surface area contributed by atoms with Crippen molar-refractivity contribution in [2.24, 2.45) is 0 Å². The molecule has 0 atom stereocenters. The first-order valence-electron chi connectivity index (χ1n) is 6.90. The van der Waals surface area contributed by atoms with Crippen LogP contribution in [0.15, 0.2) is 42.6 Å². The van der Waals surface area contributed by atoms with Crippen molar-refractivity contribution in [3.63, 3.8) is 0 Å². The second-order valence-corrected chi connectivity index (χ2v) is 5.01. The predicted octanol–water partition coefficient (Wildman–Crippen LogP) is 3.55. The molecule has 25 heavy (non-hydrogen) atoms. The lowest BCUT2D eigenvalue weighted by Crippen LogP contribution is -2.09. The van der Waals surface area contributed by atoms with E-state index in [1.807, 2.05) is 0 Å². The lowest BCUT2D eigenvalue weighted by atomic mass is 10.1. The van der Waals surface area contributed by atoms with E-state index in [9.17, 15) is 22.8 Å². The molecular formula is C16H9F4N5. The Bertz CT molecular complexity index is 985. The molecule has 0 amide bonds.